The molecule has 1 nitrogen and oxygen atoms in total. The van der Waals surface area contributed by atoms with Gasteiger partial charge >= 0.3 is 0 Å². The second-order valence-corrected chi connectivity index (χ2v) is 12.3. The van der Waals surface area contributed by atoms with Gasteiger partial charge in [-0.25, -0.2) is 0 Å². The second kappa shape index (κ2) is 7.78. The lowest BCUT2D eigenvalue weighted by Gasteiger charge is -2.44. The molecule has 0 N–H and O–H groups in total. The normalized spacial score (nSPS) is 36.4. The summed E-state index contributed by atoms with van der Waals surface area (Å²) in [6.45, 7) is 9.83. The average Bonchev–Trinajstić information content (AvgIpc) is 3.49. The summed E-state index contributed by atoms with van der Waals surface area (Å²) in [4.78, 5) is 0. The van der Waals surface area contributed by atoms with Crippen LogP contribution in [0.4, 0.5) is 0 Å². The Morgan fingerprint density at radius 3 is 2.44 bits per heavy atom. The van der Waals surface area contributed by atoms with E-state index in [0.29, 0.717) is 5.41 Å². The number of nitrogens with zero attached hydrogens (tertiary/aromatic N) is 1. The van der Waals surface area contributed by atoms with Gasteiger partial charge in [0.1, 0.15) is 0 Å². The predicted octanol–water partition coefficient (Wildman–Crippen LogP) is 7.79. The van der Waals surface area contributed by atoms with Gasteiger partial charge in [-0.2, -0.15) is 0 Å². The summed E-state index contributed by atoms with van der Waals surface area (Å²) in [6, 6.07) is 0.728. The van der Waals surface area contributed by atoms with Crippen LogP contribution in [-0.4, -0.2) is 4.57 Å². The molecule has 1 aromatic rings. The molecule has 0 radical (unpaired) electrons. The first kappa shape index (κ1) is 21.1. The molecule has 0 saturated heterocycles. The van der Waals surface area contributed by atoms with Gasteiger partial charge in [0.05, 0.1) is 0 Å². The Bertz CT molecular complexity index is 957. The van der Waals surface area contributed by atoms with Crippen molar-refractivity contribution in [2.24, 2.45) is 35.0 Å². The van der Waals surface area contributed by atoms with Crippen molar-refractivity contribution in [2.75, 3.05) is 0 Å². The highest BCUT2D eigenvalue weighted by molar-refractivity contribution is 5.50. The highest BCUT2D eigenvalue weighted by atomic mass is 15.1. The van der Waals surface area contributed by atoms with Crippen LogP contribution in [0.2, 0.25) is 0 Å². The number of hydrogen-bond acceptors (Lipinski definition) is 0. The van der Waals surface area contributed by atoms with Crippen molar-refractivity contribution < 1.29 is 0 Å². The molecule has 172 valence electrons. The van der Waals surface area contributed by atoms with Gasteiger partial charge in [0.15, 0.2) is 0 Å². The Morgan fingerprint density at radius 1 is 1.09 bits per heavy atom. The van der Waals surface area contributed by atoms with Crippen molar-refractivity contribution in [3.05, 3.63) is 58.5 Å². The fourth-order valence-corrected chi connectivity index (χ4v) is 7.82. The van der Waals surface area contributed by atoms with Gasteiger partial charge in [-0.1, -0.05) is 70.1 Å². The molecule has 6 aliphatic rings. The minimum Gasteiger partial charge on any atom is -0.344 e. The van der Waals surface area contributed by atoms with Crippen LogP contribution in [0.5, 0.6) is 0 Å². The minimum absolute atomic E-state index is 0.461. The molecule has 1 heterocycles. The van der Waals surface area contributed by atoms with E-state index in [0.717, 1.165) is 35.6 Å². The number of aromatic nitrogens is 1. The zero-order chi connectivity index (χ0) is 22.0. The minimum atomic E-state index is 0.461. The first-order chi connectivity index (χ1) is 15.5. The Labute approximate surface area is 196 Å². The summed E-state index contributed by atoms with van der Waals surface area (Å²) in [5.41, 5.74) is 9.19. The van der Waals surface area contributed by atoms with Crippen LogP contribution >= 0.6 is 0 Å². The Kier molecular flexibility index (Phi) is 5.12. The average molecular weight is 430 g/mol. The Balaban J connectivity index is 1.08. The molecule has 6 aliphatic carbocycles. The zero-order valence-electron chi connectivity index (χ0n) is 20.9. The van der Waals surface area contributed by atoms with E-state index >= 15 is 0 Å². The Hall–Kier alpha value is -1.50. The van der Waals surface area contributed by atoms with Crippen LogP contribution in [0.15, 0.2) is 36.0 Å². The SMILES string of the molecule is CCC(C)C1CC1C=C/C=C\CC(C)C12C=C(CC(n3c4c(c5c3CC5)CC4)C(C)C1)C2. The van der Waals surface area contributed by atoms with Crippen molar-refractivity contribution in [1.29, 1.82) is 0 Å². The van der Waals surface area contributed by atoms with E-state index in [-0.39, 0.29) is 0 Å². The first-order valence-corrected chi connectivity index (χ1v) is 13.8. The third-order valence-electron chi connectivity index (χ3n) is 10.4. The molecule has 0 aromatic carbocycles. The van der Waals surface area contributed by atoms with Crippen molar-refractivity contribution in [2.45, 2.75) is 97.9 Å². The fourth-order valence-electron chi connectivity index (χ4n) is 7.82. The molecule has 7 rings (SSSR count). The number of hydrogen-bond donors (Lipinski definition) is 0. The molecular weight excluding hydrogens is 386 g/mol. The maximum Gasteiger partial charge on any atom is 0.0399 e. The molecule has 2 fully saturated rings. The number of allylic oxidation sites excluding steroid dienone is 6. The maximum absolute atomic E-state index is 2.86. The van der Waals surface area contributed by atoms with Gasteiger partial charge in [0.2, 0.25) is 0 Å². The lowest BCUT2D eigenvalue weighted by Crippen LogP contribution is -2.34. The lowest BCUT2D eigenvalue weighted by atomic mass is 9.61. The summed E-state index contributed by atoms with van der Waals surface area (Å²) < 4.78 is 2.86. The van der Waals surface area contributed by atoms with Gasteiger partial charge < -0.3 is 4.57 Å². The summed E-state index contributed by atoms with van der Waals surface area (Å²) in [5.74, 6) is 4.24. The van der Waals surface area contributed by atoms with Crippen LogP contribution in [0, 0.1) is 35.0 Å². The summed E-state index contributed by atoms with van der Waals surface area (Å²) >= 11 is 0. The standard InChI is InChI=1S/C31H43N/c1-5-20(2)27-16-24(27)10-8-6-7-9-22(4)31-17-21(3)30(15-23(18-31)19-31)32-28-13-11-25(28)26-12-14-29(26)32/h6-8,10,18,20-22,24,27,30H,5,9,11-17,19H2,1-4H3/b7-6-,10-8?. The molecule has 2 saturated carbocycles. The molecule has 0 spiro atoms. The molecule has 0 aliphatic heterocycles. The van der Waals surface area contributed by atoms with E-state index in [9.17, 15) is 0 Å². The van der Waals surface area contributed by atoms with E-state index in [2.05, 4.69) is 62.6 Å². The van der Waals surface area contributed by atoms with E-state index in [1.54, 1.807) is 28.1 Å². The molecule has 7 unspecified atom stereocenters. The maximum atomic E-state index is 2.86. The van der Waals surface area contributed by atoms with Gasteiger partial charge in [-0.3, -0.25) is 0 Å². The monoisotopic (exact) mass is 429 g/mol. The molecule has 2 bridgehead atoms. The van der Waals surface area contributed by atoms with Gasteiger partial charge in [0, 0.05) is 17.4 Å². The second-order valence-electron chi connectivity index (χ2n) is 12.3. The molecule has 0 amide bonds. The fraction of sp³-hybridized carbons (Fsp3) is 0.677. The molecule has 1 aromatic heterocycles. The third kappa shape index (κ3) is 3.24. The quantitative estimate of drug-likeness (QED) is 0.293. The largest absolute Gasteiger partial charge is 0.344 e. The molecule has 32 heavy (non-hydrogen) atoms. The Morgan fingerprint density at radius 2 is 1.81 bits per heavy atom. The smallest absolute Gasteiger partial charge is 0.0399 e. The highest BCUT2D eigenvalue weighted by Gasteiger charge is 2.48. The van der Waals surface area contributed by atoms with Gasteiger partial charge in [0.25, 0.3) is 0 Å². The summed E-state index contributed by atoms with van der Waals surface area (Å²) in [6.07, 6.45) is 25.7. The first-order valence-electron chi connectivity index (χ1n) is 13.8. The van der Waals surface area contributed by atoms with Crippen molar-refractivity contribution in [3.63, 3.8) is 0 Å². The summed E-state index contributed by atoms with van der Waals surface area (Å²) in [5, 5.41) is 0. The van der Waals surface area contributed by atoms with Crippen molar-refractivity contribution >= 4 is 0 Å². The summed E-state index contributed by atoms with van der Waals surface area (Å²) in [7, 11) is 0. The van der Waals surface area contributed by atoms with Crippen LogP contribution in [-0.2, 0) is 25.7 Å². The van der Waals surface area contributed by atoms with E-state index in [1.807, 2.05) is 0 Å². The van der Waals surface area contributed by atoms with Gasteiger partial charge in [-0.05, 0) is 104 Å². The van der Waals surface area contributed by atoms with Crippen LogP contribution in [0.1, 0.15) is 94.8 Å². The van der Waals surface area contributed by atoms with Gasteiger partial charge in [-0.15, -0.1) is 0 Å². The van der Waals surface area contributed by atoms with Crippen LogP contribution in [0.25, 0.3) is 0 Å². The lowest BCUT2D eigenvalue weighted by molar-refractivity contribution is 0.167. The molecule has 1 heteroatoms. The van der Waals surface area contributed by atoms with Crippen molar-refractivity contribution in [3.8, 4) is 0 Å². The van der Waals surface area contributed by atoms with E-state index in [4.69, 9.17) is 0 Å². The molecule has 7 atom stereocenters. The predicted molar refractivity (Wildman–Crippen MR) is 135 cm³/mol. The van der Waals surface area contributed by atoms with Crippen LogP contribution in [0.3, 0.4) is 0 Å². The van der Waals surface area contributed by atoms with Crippen LogP contribution < -0.4 is 0 Å². The van der Waals surface area contributed by atoms with E-state index < -0.39 is 0 Å². The molecular formula is C31H43N. The highest BCUT2D eigenvalue weighted by Crippen LogP contribution is 2.58. The zero-order valence-corrected chi connectivity index (χ0v) is 20.9. The topological polar surface area (TPSA) is 4.93 Å². The van der Waals surface area contributed by atoms with Crippen molar-refractivity contribution in [1.82, 2.24) is 4.57 Å². The van der Waals surface area contributed by atoms with E-state index in [1.165, 1.54) is 64.2 Å². The number of fused-ring (bicyclic) bond motifs is 6. The number of rotatable bonds is 8. The third-order valence-corrected chi connectivity index (χ3v) is 10.4.